The van der Waals surface area contributed by atoms with Crippen LogP contribution in [0, 0.1) is 0 Å². The highest BCUT2D eigenvalue weighted by molar-refractivity contribution is 8.00. The van der Waals surface area contributed by atoms with Crippen molar-refractivity contribution in [3.63, 3.8) is 0 Å². The lowest BCUT2D eigenvalue weighted by atomic mass is 10.1. The van der Waals surface area contributed by atoms with Crippen molar-refractivity contribution in [2.45, 2.75) is 12.8 Å². The van der Waals surface area contributed by atoms with Gasteiger partial charge in [0.05, 0.1) is 11.5 Å². The lowest BCUT2D eigenvalue weighted by Crippen LogP contribution is -2.26. The van der Waals surface area contributed by atoms with E-state index in [9.17, 15) is 9.59 Å². The Labute approximate surface area is 111 Å². The van der Waals surface area contributed by atoms with E-state index >= 15 is 0 Å². The van der Waals surface area contributed by atoms with E-state index in [4.69, 9.17) is 5.11 Å². The van der Waals surface area contributed by atoms with Crippen molar-refractivity contribution in [3.05, 3.63) is 35.9 Å². The highest BCUT2D eigenvalue weighted by Crippen LogP contribution is 2.02. The first-order valence-electron chi connectivity index (χ1n) is 5.78. The van der Waals surface area contributed by atoms with Gasteiger partial charge >= 0.3 is 5.97 Å². The normalized spacial score (nSPS) is 10.0. The molecule has 0 aliphatic heterocycles. The molecule has 0 heterocycles. The maximum absolute atomic E-state index is 11.3. The van der Waals surface area contributed by atoms with Gasteiger partial charge in [-0.3, -0.25) is 9.59 Å². The Morgan fingerprint density at radius 3 is 2.56 bits per heavy atom. The number of hydrogen-bond acceptors (Lipinski definition) is 3. The molecule has 0 saturated carbocycles. The zero-order valence-electron chi connectivity index (χ0n) is 10.1. The second kappa shape index (κ2) is 8.58. The van der Waals surface area contributed by atoms with Gasteiger partial charge in [0.25, 0.3) is 0 Å². The minimum atomic E-state index is -0.892. The Kier molecular flexibility index (Phi) is 6.94. The standard InChI is InChI=1S/C13H17NO3S/c15-12(9-18-10-13(16)17)14-8-4-7-11-5-2-1-3-6-11/h1-3,5-6H,4,7-10H2,(H,14,15)(H,16,17). The van der Waals surface area contributed by atoms with Crippen LogP contribution in [0.15, 0.2) is 30.3 Å². The summed E-state index contributed by atoms with van der Waals surface area (Å²) in [7, 11) is 0. The van der Waals surface area contributed by atoms with Crippen LogP contribution >= 0.6 is 11.8 Å². The van der Waals surface area contributed by atoms with Crippen LogP contribution in [0.25, 0.3) is 0 Å². The number of carbonyl (C=O) groups is 2. The lowest BCUT2D eigenvalue weighted by molar-refractivity contribution is -0.133. The minimum absolute atomic E-state index is 0.0303. The third kappa shape index (κ3) is 6.96. The molecule has 0 saturated heterocycles. The largest absolute Gasteiger partial charge is 0.481 e. The van der Waals surface area contributed by atoms with Crippen molar-refractivity contribution < 1.29 is 14.7 Å². The van der Waals surface area contributed by atoms with Crippen LogP contribution in [-0.2, 0) is 16.0 Å². The quantitative estimate of drug-likeness (QED) is 0.701. The smallest absolute Gasteiger partial charge is 0.313 e. The summed E-state index contributed by atoms with van der Waals surface area (Å²) in [5.41, 5.74) is 1.26. The lowest BCUT2D eigenvalue weighted by Gasteiger charge is -2.04. The van der Waals surface area contributed by atoms with E-state index in [0.29, 0.717) is 6.54 Å². The summed E-state index contributed by atoms with van der Waals surface area (Å²) in [4.78, 5) is 21.6. The van der Waals surface area contributed by atoms with Crippen LogP contribution in [0.5, 0.6) is 0 Å². The van der Waals surface area contributed by atoms with Gasteiger partial charge in [0.15, 0.2) is 0 Å². The average Bonchev–Trinajstić information content (AvgIpc) is 2.35. The van der Waals surface area contributed by atoms with Crippen LogP contribution in [0.2, 0.25) is 0 Å². The van der Waals surface area contributed by atoms with Crippen molar-refractivity contribution in [1.82, 2.24) is 5.32 Å². The molecule has 0 atom stereocenters. The van der Waals surface area contributed by atoms with Crippen LogP contribution in [-0.4, -0.2) is 35.0 Å². The molecule has 0 aromatic heterocycles. The number of aliphatic carboxylic acids is 1. The van der Waals surface area contributed by atoms with E-state index in [0.717, 1.165) is 24.6 Å². The highest BCUT2D eigenvalue weighted by atomic mass is 32.2. The number of amides is 1. The molecular weight excluding hydrogens is 250 g/mol. The molecule has 1 rings (SSSR count). The zero-order chi connectivity index (χ0) is 13.2. The minimum Gasteiger partial charge on any atom is -0.481 e. The zero-order valence-corrected chi connectivity index (χ0v) is 10.9. The number of aryl methyl sites for hydroxylation is 1. The third-order valence-corrected chi connectivity index (χ3v) is 3.18. The summed E-state index contributed by atoms with van der Waals surface area (Å²) in [5.74, 6) is -0.819. The van der Waals surface area contributed by atoms with E-state index in [1.165, 1.54) is 5.56 Å². The van der Waals surface area contributed by atoms with Crippen LogP contribution in [0.4, 0.5) is 0 Å². The Morgan fingerprint density at radius 2 is 1.89 bits per heavy atom. The molecule has 0 bridgehead atoms. The SMILES string of the molecule is O=C(O)CSCC(=O)NCCCc1ccccc1. The van der Waals surface area contributed by atoms with Gasteiger partial charge in [-0.15, -0.1) is 11.8 Å². The predicted molar refractivity (Wildman–Crippen MR) is 72.7 cm³/mol. The molecule has 1 aromatic rings. The molecule has 1 amide bonds. The van der Waals surface area contributed by atoms with Gasteiger partial charge < -0.3 is 10.4 Å². The summed E-state index contributed by atoms with van der Waals surface area (Å²) in [6.45, 7) is 0.626. The third-order valence-electron chi connectivity index (χ3n) is 2.27. The first-order valence-corrected chi connectivity index (χ1v) is 6.94. The summed E-state index contributed by atoms with van der Waals surface area (Å²) < 4.78 is 0. The molecular formula is C13H17NO3S. The second-order valence-corrected chi connectivity index (χ2v) is 4.81. The molecule has 0 spiro atoms. The molecule has 0 aliphatic rings. The van der Waals surface area contributed by atoms with Gasteiger partial charge in [-0.1, -0.05) is 30.3 Å². The molecule has 98 valence electrons. The summed E-state index contributed by atoms with van der Waals surface area (Å²) in [5, 5.41) is 11.2. The van der Waals surface area contributed by atoms with Gasteiger partial charge in [-0.25, -0.2) is 0 Å². The van der Waals surface area contributed by atoms with E-state index in [-0.39, 0.29) is 17.4 Å². The predicted octanol–water partition coefficient (Wildman–Crippen LogP) is 1.55. The van der Waals surface area contributed by atoms with Crippen LogP contribution < -0.4 is 5.32 Å². The van der Waals surface area contributed by atoms with Gasteiger partial charge in [-0.05, 0) is 18.4 Å². The number of rotatable bonds is 8. The van der Waals surface area contributed by atoms with Crippen molar-refractivity contribution in [2.75, 3.05) is 18.1 Å². The average molecular weight is 267 g/mol. The maximum Gasteiger partial charge on any atom is 0.313 e. The molecule has 0 radical (unpaired) electrons. The van der Waals surface area contributed by atoms with Crippen molar-refractivity contribution >= 4 is 23.6 Å². The number of carbonyl (C=O) groups excluding carboxylic acids is 1. The van der Waals surface area contributed by atoms with E-state index in [1.807, 2.05) is 18.2 Å². The topological polar surface area (TPSA) is 66.4 Å². The monoisotopic (exact) mass is 267 g/mol. The number of carboxylic acids is 1. The van der Waals surface area contributed by atoms with E-state index in [2.05, 4.69) is 17.4 Å². The number of benzene rings is 1. The Balaban J connectivity index is 2.04. The molecule has 0 aliphatic carbocycles. The van der Waals surface area contributed by atoms with Gasteiger partial charge in [0.1, 0.15) is 0 Å². The molecule has 1 aromatic carbocycles. The fourth-order valence-electron chi connectivity index (χ4n) is 1.45. The Hall–Kier alpha value is -1.49. The summed E-state index contributed by atoms with van der Waals surface area (Å²) in [6.07, 6.45) is 1.82. The summed E-state index contributed by atoms with van der Waals surface area (Å²) in [6, 6.07) is 10.1. The fraction of sp³-hybridized carbons (Fsp3) is 0.385. The van der Waals surface area contributed by atoms with Gasteiger partial charge in [-0.2, -0.15) is 0 Å². The second-order valence-electron chi connectivity index (χ2n) is 3.83. The highest BCUT2D eigenvalue weighted by Gasteiger charge is 2.03. The van der Waals surface area contributed by atoms with Crippen molar-refractivity contribution in [1.29, 1.82) is 0 Å². The van der Waals surface area contributed by atoms with E-state index < -0.39 is 5.97 Å². The number of thioether (sulfide) groups is 1. The number of nitrogens with one attached hydrogen (secondary N) is 1. The fourth-order valence-corrected chi connectivity index (χ4v) is 2.01. The van der Waals surface area contributed by atoms with Crippen LogP contribution in [0.3, 0.4) is 0 Å². The van der Waals surface area contributed by atoms with Crippen molar-refractivity contribution in [3.8, 4) is 0 Å². The maximum atomic E-state index is 11.3. The van der Waals surface area contributed by atoms with Gasteiger partial charge in [0, 0.05) is 6.54 Å². The first kappa shape index (κ1) is 14.6. The van der Waals surface area contributed by atoms with Gasteiger partial charge in [0.2, 0.25) is 5.91 Å². The molecule has 0 fully saturated rings. The van der Waals surface area contributed by atoms with E-state index in [1.54, 1.807) is 0 Å². The Bertz CT molecular complexity index is 381. The first-order chi connectivity index (χ1) is 8.68. The summed E-state index contributed by atoms with van der Waals surface area (Å²) >= 11 is 1.11. The Morgan fingerprint density at radius 1 is 1.17 bits per heavy atom. The molecule has 2 N–H and O–H groups in total. The number of carboxylic acid groups (broad SMARTS) is 1. The number of hydrogen-bond donors (Lipinski definition) is 2. The molecule has 18 heavy (non-hydrogen) atoms. The molecule has 4 nitrogen and oxygen atoms in total. The molecule has 5 heteroatoms. The molecule has 0 unspecified atom stereocenters. The van der Waals surface area contributed by atoms with Crippen molar-refractivity contribution in [2.24, 2.45) is 0 Å². The van der Waals surface area contributed by atoms with Crippen LogP contribution in [0.1, 0.15) is 12.0 Å².